The van der Waals surface area contributed by atoms with Gasteiger partial charge < -0.3 is 50.9 Å². The lowest BCUT2D eigenvalue weighted by molar-refractivity contribution is -0.654. The molecule has 14 heteroatoms. The van der Waals surface area contributed by atoms with Crippen LogP contribution in [0, 0.1) is 0 Å². The molecule has 0 amide bonds. The van der Waals surface area contributed by atoms with E-state index in [4.69, 9.17) is 0 Å². The summed E-state index contributed by atoms with van der Waals surface area (Å²) in [6, 6.07) is 0. The number of carbonyl (C=O) groups excluding carboxylic acids is 2. The predicted octanol–water partition coefficient (Wildman–Crippen LogP) is 2.58. The minimum absolute atomic E-state index is 0.247. The second-order valence-corrected chi connectivity index (χ2v) is 15.0. The summed E-state index contributed by atoms with van der Waals surface area (Å²) in [6.07, 6.45) is 6.49. The van der Waals surface area contributed by atoms with Crippen molar-refractivity contribution in [2.45, 2.75) is 172 Å². The Morgan fingerprint density at radius 3 is 0.597 bits per heavy atom. The summed E-state index contributed by atoms with van der Waals surface area (Å²) in [7, 11) is 0. The van der Waals surface area contributed by atoms with Crippen molar-refractivity contribution in [2.24, 2.45) is 0 Å². The highest BCUT2D eigenvalue weighted by molar-refractivity contribution is 5.79. The number of hydrogen-bond donors (Lipinski definition) is 6. The van der Waals surface area contributed by atoms with Crippen LogP contribution in [-0.4, -0.2) is 82.4 Å². The molecule has 0 aliphatic carbocycles. The zero-order valence-electron chi connectivity index (χ0n) is 39.4. The molecular formula is C48H78N2O12. The van der Waals surface area contributed by atoms with Gasteiger partial charge >= 0.3 is 23.9 Å². The number of nitrogens with two attached hydrogens (primary N) is 2. The lowest BCUT2D eigenvalue weighted by Crippen LogP contribution is -2.84. The van der Waals surface area contributed by atoms with E-state index in [2.05, 4.69) is 38.3 Å². The first kappa shape index (κ1) is 59.3. The van der Waals surface area contributed by atoms with E-state index >= 15 is 0 Å². The third-order valence-corrected chi connectivity index (χ3v) is 10.4. The summed E-state index contributed by atoms with van der Waals surface area (Å²) in [5.41, 5.74) is 7.48. The summed E-state index contributed by atoms with van der Waals surface area (Å²) in [4.78, 5) is 67.5. The first-order valence-corrected chi connectivity index (χ1v) is 22.6. The maximum atomic E-state index is 11.3. The van der Waals surface area contributed by atoms with E-state index in [1.54, 1.807) is 0 Å². The van der Waals surface area contributed by atoms with Crippen molar-refractivity contribution >= 4 is 35.8 Å². The summed E-state index contributed by atoms with van der Waals surface area (Å²) in [5.74, 6) is -6.61. The lowest BCUT2D eigenvalue weighted by Gasteiger charge is -2.25. The van der Waals surface area contributed by atoms with Crippen molar-refractivity contribution in [2.75, 3.05) is 26.2 Å². The molecule has 2 aromatic carbocycles. The minimum Gasteiger partial charge on any atom is -0.550 e. The summed E-state index contributed by atoms with van der Waals surface area (Å²) >= 11 is 0. The maximum absolute atomic E-state index is 11.3. The standard InChI is InChI=1S/2C18H24O6.2C6H15N/c2*1-4-10-13(7-16(19)20)11(5-2)15(9-18(23)24)12(6-3)14(10)8-17(21)22;2*1-3-5-7-6-4-2/h2*4-9H2,1-3H3,(H,19,20)(H,21,22)(H,23,24);2*7H,3-6H2,1-2H3. The Morgan fingerprint density at radius 2 is 0.484 bits per heavy atom. The number of benzene rings is 2. The Bertz CT molecular complexity index is 1380. The first-order chi connectivity index (χ1) is 29.3. The number of aliphatic carboxylic acids is 6. The zero-order valence-corrected chi connectivity index (χ0v) is 39.4. The number of carboxylic acid groups (broad SMARTS) is 6. The van der Waals surface area contributed by atoms with Crippen molar-refractivity contribution in [1.82, 2.24) is 0 Å². The van der Waals surface area contributed by atoms with Gasteiger partial charge in [0.15, 0.2) is 0 Å². The molecule has 0 heterocycles. The maximum Gasteiger partial charge on any atom is 0.307 e. The summed E-state index contributed by atoms with van der Waals surface area (Å²) < 4.78 is 0. The van der Waals surface area contributed by atoms with Crippen molar-refractivity contribution in [3.8, 4) is 0 Å². The second-order valence-electron chi connectivity index (χ2n) is 15.0. The minimum atomic E-state index is -1.26. The van der Waals surface area contributed by atoms with Crippen LogP contribution in [0.15, 0.2) is 0 Å². The molecule has 2 rings (SSSR count). The van der Waals surface area contributed by atoms with E-state index < -0.39 is 35.8 Å². The summed E-state index contributed by atoms with van der Waals surface area (Å²) in [5, 5.41) is 64.0. The van der Waals surface area contributed by atoms with Crippen LogP contribution in [0.5, 0.6) is 0 Å². The molecule has 2 aromatic rings. The SMILES string of the molecule is CCC[NH2+]CCC.CCC[NH2+]CCC.CCc1c(CC(=O)[O-])c(CC)c(CC(=O)O)c(CC)c1CC(=O)O.CCc1c(CC(=O)[O-])c(CC)c(CC(=O)O)c(CC)c1CC(=O)O. The molecule has 0 aliphatic rings. The zero-order chi connectivity index (χ0) is 47.9. The lowest BCUT2D eigenvalue weighted by atomic mass is 9.80. The van der Waals surface area contributed by atoms with E-state index in [0.717, 1.165) is 11.1 Å². The van der Waals surface area contributed by atoms with E-state index in [1.165, 1.54) is 51.9 Å². The molecule has 0 aromatic heterocycles. The highest BCUT2D eigenvalue weighted by atomic mass is 16.4. The predicted molar refractivity (Wildman–Crippen MR) is 236 cm³/mol. The molecule has 0 saturated carbocycles. The Kier molecular flexibility index (Phi) is 32.3. The van der Waals surface area contributed by atoms with Crippen LogP contribution in [0.2, 0.25) is 0 Å². The van der Waals surface area contributed by atoms with Crippen molar-refractivity contribution in [3.63, 3.8) is 0 Å². The van der Waals surface area contributed by atoms with Gasteiger partial charge in [0.05, 0.1) is 51.9 Å². The molecule has 352 valence electrons. The average molecular weight is 875 g/mol. The molecule has 0 saturated heterocycles. The van der Waals surface area contributed by atoms with Gasteiger partial charge in [0, 0.05) is 24.8 Å². The van der Waals surface area contributed by atoms with Crippen LogP contribution < -0.4 is 20.8 Å². The number of rotatable bonds is 26. The van der Waals surface area contributed by atoms with Crippen LogP contribution in [0.25, 0.3) is 0 Å². The van der Waals surface area contributed by atoms with Gasteiger partial charge in [0.1, 0.15) is 0 Å². The number of carbonyl (C=O) groups is 6. The monoisotopic (exact) mass is 875 g/mol. The van der Waals surface area contributed by atoms with Crippen molar-refractivity contribution in [3.05, 3.63) is 66.8 Å². The third kappa shape index (κ3) is 21.3. The van der Waals surface area contributed by atoms with Gasteiger partial charge in [-0.2, -0.15) is 0 Å². The van der Waals surface area contributed by atoms with Gasteiger partial charge in [0.2, 0.25) is 0 Å². The normalized spacial score (nSPS) is 10.4. The number of carboxylic acids is 6. The van der Waals surface area contributed by atoms with Crippen LogP contribution in [0.1, 0.15) is 162 Å². The highest BCUT2D eigenvalue weighted by Gasteiger charge is 2.25. The molecule has 0 aliphatic heterocycles. The molecular weight excluding hydrogens is 797 g/mol. The second kappa shape index (κ2) is 33.8. The van der Waals surface area contributed by atoms with Crippen molar-refractivity contribution < 1.29 is 70.0 Å². The third-order valence-electron chi connectivity index (χ3n) is 10.4. The molecule has 14 nitrogen and oxygen atoms in total. The molecule has 0 spiro atoms. The quantitative estimate of drug-likeness (QED) is 0.0746. The highest BCUT2D eigenvalue weighted by Crippen LogP contribution is 2.33. The molecule has 62 heavy (non-hydrogen) atoms. The van der Waals surface area contributed by atoms with Crippen LogP contribution in [-0.2, 0) is 106 Å². The molecule has 0 fully saturated rings. The number of hydrogen-bond acceptors (Lipinski definition) is 8. The van der Waals surface area contributed by atoms with Crippen molar-refractivity contribution in [1.29, 1.82) is 0 Å². The average Bonchev–Trinajstić information content (AvgIpc) is 3.18. The van der Waals surface area contributed by atoms with Crippen LogP contribution in [0.3, 0.4) is 0 Å². The van der Waals surface area contributed by atoms with Gasteiger partial charge in [-0.05, 0) is 131 Å². The van der Waals surface area contributed by atoms with Gasteiger partial charge in [-0.3, -0.25) is 19.2 Å². The Morgan fingerprint density at radius 1 is 0.323 bits per heavy atom. The Balaban J connectivity index is 0. The van der Waals surface area contributed by atoms with Gasteiger partial charge in [-0.15, -0.1) is 0 Å². The first-order valence-electron chi connectivity index (χ1n) is 22.6. The van der Waals surface area contributed by atoms with E-state index in [9.17, 15) is 59.4 Å². The molecule has 8 N–H and O–H groups in total. The Labute approximate surface area is 369 Å². The molecule has 0 atom stereocenters. The van der Waals surface area contributed by atoms with Gasteiger partial charge in [-0.1, -0.05) is 69.2 Å². The van der Waals surface area contributed by atoms with Gasteiger partial charge in [0.25, 0.3) is 0 Å². The Hall–Kier alpha value is -4.82. The smallest absolute Gasteiger partial charge is 0.307 e. The van der Waals surface area contributed by atoms with E-state index in [-0.39, 0.29) is 38.5 Å². The molecule has 0 unspecified atom stereocenters. The van der Waals surface area contributed by atoms with E-state index in [1.807, 2.05) is 41.5 Å². The topological polar surface area (TPSA) is 263 Å². The molecule has 0 bridgehead atoms. The van der Waals surface area contributed by atoms with Gasteiger partial charge in [-0.25, -0.2) is 0 Å². The fourth-order valence-electron chi connectivity index (χ4n) is 8.03. The van der Waals surface area contributed by atoms with Crippen LogP contribution >= 0.6 is 0 Å². The largest absolute Gasteiger partial charge is 0.550 e. The van der Waals surface area contributed by atoms with Crippen LogP contribution in [0.4, 0.5) is 0 Å². The fraction of sp³-hybridized carbons (Fsp3) is 0.625. The molecule has 0 radical (unpaired) electrons. The fourth-order valence-corrected chi connectivity index (χ4v) is 8.03. The number of quaternary nitrogens is 2. The van der Waals surface area contributed by atoms with E-state index in [0.29, 0.717) is 94.2 Å². The summed E-state index contributed by atoms with van der Waals surface area (Å²) in [6.45, 7) is 25.1.